The number of carbonyl (C=O) groups is 1. The van der Waals surface area contributed by atoms with Crippen LogP contribution in [0.4, 0.5) is 4.39 Å². The van der Waals surface area contributed by atoms with Crippen LogP contribution in [0.25, 0.3) is 0 Å². The molecule has 124 valence electrons. The van der Waals surface area contributed by atoms with Gasteiger partial charge in [-0.3, -0.25) is 4.79 Å². The highest BCUT2D eigenvalue weighted by Crippen LogP contribution is 2.38. The van der Waals surface area contributed by atoms with Gasteiger partial charge in [-0.05, 0) is 25.0 Å². The molecule has 1 spiro atoms. The van der Waals surface area contributed by atoms with E-state index in [4.69, 9.17) is 18.9 Å². The largest absolute Gasteiger partial charge is 0.454 e. The van der Waals surface area contributed by atoms with Gasteiger partial charge in [-0.25, -0.2) is 4.39 Å². The van der Waals surface area contributed by atoms with Crippen LogP contribution in [0.1, 0.15) is 23.2 Å². The van der Waals surface area contributed by atoms with Gasteiger partial charge in [-0.15, -0.1) is 0 Å². The van der Waals surface area contributed by atoms with Crippen molar-refractivity contribution in [1.82, 2.24) is 4.90 Å². The monoisotopic (exact) mass is 323 g/mol. The molecule has 0 unspecified atom stereocenters. The average Bonchev–Trinajstić information content (AvgIpc) is 3.03. The Labute approximate surface area is 133 Å². The quantitative estimate of drug-likeness (QED) is 0.785. The van der Waals surface area contributed by atoms with Crippen molar-refractivity contribution in [2.24, 2.45) is 0 Å². The number of ether oxygens (including phenoxy) is 4. The summed E-state index contributed by atoms with van der Waals surface area (Å²) in [5.74, 6) is -0.396. The molecule has 1 atom stereocenters. The topological polar surface area (TPSA) is 57.2 Å². The Hall–Kier alpha value is -1.86. The molecule has 0 radical (unpaired) electrons. The predicted molar refractivity (Wildman–Crippen MR) is 77.2 cm³/mol. The molecule has 1 amide bonds. The lowest BCUT2D eigenvalue weighted by Crippen LogP contribution is -2.57. The van der Waals surface area contributed by atoms with Gasteiger partial charge in [0, 0.05) is 13.2 Å². The molecule has 0 aromatic heterocycles. The average molecular weight is 323 g/mol. The maximum Gasteiger partial charge on any atom is 0.260 e. The second kappa shape index (κ2) is 5.65. The fourth-order valence-corrected chi connectivity index (χ4v) is 3.39. The van der Waals surface area contributed by atoms with Crippen molar-refractivity contribution in [3.8, 4) is 11.5 Å². The van der Waals surface area contributed by atoms with Crippen molar-refractivity contribution in [3.05, 3.63) is 23.5 Å². The van der Waals surface area contributed by atoms with Crippen molar-refractivity contribution < 1.29 is 28.1 Å². The highest BCUT2D eigenvalue weighted by Gasteiger charge is 2.41. The molecule has 1 aromatic carbocycles. The molecule has 0 aliphatic carbocycles. The van der Waals surface area contributed by atoms with Crippen LogP contribution >= 0.6 is 0 Å². The molecule has 0 bridgehead atoms. The minimum absolute atomic E-state index is 0.0000444. The minimum atomic E-state index is -0.598. The third-order valence-electron chi connectivity index (χ3n) is 4.52. The van der Waals surface area contributed by atoms with Gasteiger partial charge in [0.05, 0.1) is 19.8 Å². The van der Waals surface area contributed by atoms with Crippen molar-refractivity contribution in [2.45, 2.75) is 18.4 Å². The maximum absolute atomic E-state index is 14.2. The zero-order valence-electron chi connectivity index (χ0n) is 12.7. The summed E-state index contributed by atoms with van der Waals surface area (Å²) < 4.78 is 36.2. The van der Waals surface area contributed by atoms with Crippen molar-refractivity contribution in [2.75, 3.05) is 39.7 Å². The second-order valence-corrected chi connectivity index (χ2v) is 6.07. The molecule has 4 rings (SSSR count). The summed E-state index contributed by atoms with van der Waals surface area (Å²) in [6, 6.07) is 2.71. The van der Waals surface area contributed by atoms with Gasteiger partial charge in [-0.2, -0.15) is 0 Å². The molecule has 3 heterocycles. The fourth-order valence-electron chi connectivity index (χ4n) is 3.39. The highest BCUT2D eigenvalue weighted by atomic mass is 19.1. The first-order valence-corrected chi connectivity index (χ1v) is 7.78. The predicted octanol–water partition coefficient (Wildman–Crippen LogP) is 1.58. The number of rotatable bonds is 1. The normalized spacial score (nSPS) is 26.6. The molecular weight excluding hydrogens is 305 g/mol. The summed E-state index contributed by atoms with van der Waals surface area (Å²) >= 11 is 0. The number of amides is 1. The van der Waals surface area contributed by atoms with E-state index in [1.165, 1.54) is 12.1 Å². The molecule has 23 heavy (non-hydrogen) atoms. The van der Waals surface area contributed by atoms with Crippen LogP contribution in [0.5, 0.6) is 11.5 Å². The third-order valence-corrected chi connectivity index (χ3v) is 4.52. The Balaban J connectivity index is 1.61. The molecule has 0 N–H and O–H groups in total. The first-order chi connectivity index (χ1) is 11.2. The molecule has 0 saturated carbocycles. The van der Waals surface area contributed by atoms with E-state index in [2.05, 4.69) is 0 Å². The second-order valence-electron chi connectivity index (χ2n) is 6.07. The SMILES string of the molecule is O=C(c1c(F)ccc2c1OCO2)N1CCO[C@@]2(CCCOC2)C1. The molecule has 3 aliphatic heterocycles. The summed E-state index contributed by atoms with van der Waals surface area (Å²) in [5.41, 5.74) is -0.536. The Morgan fingerprint density at radius 1 is 1.26 bits per heavy atom. The van der Waals surface area contributed by atoms with E-state index in [1.54, 1.807) is 4.90 Å². The summed E-state index contributed by atoms with van der Waals surface area (Å²) in [6.07, 6.45) is 1.74. The lowest BCUT2D eigenvalue weighted by Gasteiger charge is -2.44. The first-order valence-electron chi connectivity index (χ1n) is 7.78. The number of carbonyl (C=O) groups excluding carboxylic acids is 1. The molecule has 1 aromatic rings. The maximum atomic E-state index is 14.2. The molecular formula is C16H18FNO5. The van der Waals surface area contributed by atoms with Crippen LogP contribution < -0.4 is 9.47 Å². The van der Waals surface area contributed by atoms with Crippen LogP contribution in [0.15, 0.2) is 12.1 Å². The van der Waals surface area contributed by atoms with Gasteiger partial charge in [0.1, 0.15) is 17.0 Å². The minimum Gasteiger partial charge on any atom is -0.454 e. The van der Waals surface area contributed by atoms with Gasteiger partial charge in [0.15, 0.2) is 11.5 Å². The van der Waals surface area contributed by atoms with Crippen molar-refractivity contribution >= 4 is 5.91 Å². The van der Waals surface area contributed by atoms with E-state index in [0.29, 0.717) is 38.7 Å². The molecule has 3 aliphatic rings. The van der Waals surface area contributed by atoms with Crippen LogP contribution in [0.2, 0.25) is 0 Å². The molecule has 7 heteroatoms. The number of halogens is 1. The Morgan fingerprint density at radius 2 is 2.17 bits per heavy atom. The summed E-state index contributed by atoms with van der Waals surface area (Å²) in [4.78, 5) is 14.5. The summed E-state index contributed by atoms with van der Waals surface area (Å²) in [5, 5.41) is 0. The smallest absolute Gasteiger partial charge is 0.260 e. The fraction of sp³-hybridized carbons (Fsp3) is 0.562. The van der Waals surface area contributed by atoms with Gasteiger partial charge in [-0.1, -0.05) is 0 Å². The Kier molecular flexibility index (Phi) is 3.61. The van der Waals surface area contributed by atoms with Gasteiger partial charge >= 0.3 is 0 Å². The van der Waals surface area contributed by atoms with Crippen molar-refractivity contribution in [3.63, 3.8) is 0 Å². The van der Waals surface area contributed by atoms with Crippen LogP contribution in [0, 0.1) is 5.82 Å². The van der Waals surface area contributed by atoms with E-state index < -0.39 is 17.3 Å². The lowest BCUT2D eigenvalue weighted by atomic mass is 9.94. The molecule has 2 saturated heterocycles. The molecule has 2 fully saturated rings. The van der Waals surface area contributed by atoms with E-state index in [0.717, 1.165) is 12.8 Å². The van der Waals surface area contributed by atoms with Crippen molar-refractivity contribution in [1.29, 1.82) is 0 Å². The number of benzene rings is 1. The van der Waals surface area contributed by atoms with E-state index in [9.17, 15) is 9.18 Å². The van der Waals surface area contributed by atoms with E-state index in [1.807, 2.05) is 0 Å². The third kappa shape index (κ3) is 2.53. The van der Waals surface area contributed by atoms with Gasteiger partial charge < -0.3 is 23.8 Å². The standard InChI is InChI=1S/C16H18FNO5/c17-11-2-3-12-14(22-10-21-12)13(11)15(19)18-5-7-23-16(8-18)4-1-6-20-9-16/h2-3H,1,4-10H2/t16-/m0/s1. The number of hydrogen-bond acceptors (Lipinski definition) is 5. The Bertz CT molecular complexity index is 624. The van der Waals surface area contributed by atoms with Crippen LogP contribution in [0.3, 0.4) is 0 Å². The zero-order valence-corrected chi connectivity index (χ0v) is 12.7. The number of fused-ring (bicyclic) bond motifs is 1. The van der Waals surface area contributed by atoms with Gasteiger partial charge in [0.25, 0.3) is 5.91 Å². The zero-order chi connectivity index (χ0) is 15.9. The summed E-state index contributed by atoms with van der Waals surface area (Å²) in [7, 11) is 0. The lowest BCUT2D eigenvalue weighted by molar-refractivity contribution is -0.160. The number of hydrogen-bond donors (Lipinski definition) is 0. The number of nitrogens with zero attached hydrogens (tertiary/aromatic N) is 1. The molecule has 6 nitrogen and oxygen atoms in total. The van der Waals surface area contributed by atoms with E-state index in [-0.39, 0.29) is 18.1 Å². The van der Waals surface area contributed by atoms with Gasteiger partial charge in [0.2, 0.25) is 6.79 Å². The highest BCUT2D eigenvalue weighted by molar-refractivity contribution is 5.98. The summed E-state index contributed by atoms with van der Waals surface area (Å²) in [6.45, 7) is 2.42. The van der Waals surface area contributed by atoms with E-state index >= 15 is 0 Å². The van der Waals surface area contributed by atoms with Crippen LogP contribution in [-0.4, -0.2) is 56.1 Å². The number of morpholine rings is 1. The Morgan fingerprint density at radius 3 is 3.00 bits per heavy atom. The first kappa shape index (κ1) is 14.7. The van der Waals surface area contributed by atoms with Crippen LogP contribution in [-0.2, 0) is 9.47 Å².